The molecule has 1 heterocycles. The van der Waals surface area contributed by atoms with Gasteiger partial charge in [-0.25, -0.2) is 4.39 Å². The molecule has 3 rings (SSSR count). The van der Waals surface area contributed by atoms with Crippen LogP contribution in [0.1, 0.15) is 17.2 Å². The van der Waals surface area contributed by atoms with Crippen LogP contribution in [0.4, 0.5) is 4.39 Å². The number of hydrogen-bond acceptors (Lipinski definition) is 5. The maximum atomic E-state index is 14.6. The van der Waals surface area contributed by atoms with Gasteiger partial charge in [0.05, 0.1) is 18.7 Å². The number of carbonyl (C=O) groups excluding carboxylic acids is 2. The van der Waals surface area contributed by atoms with Gasteiger partial charge in [-0.15, -0.1) is 0 Å². The van der Waals surface area contributed by atoms with Crippen molar-refractivity contribution in [2.24, 2.45) is 0 Å². The fourth-order valence-electron chi connectivity index (χ4n) is 3.34. The van der Waals surface area contributed by atoms with Crippen LogP contribution in [0.25, 0.3) is 5.76 Å². The average Bonchev–Trinajstić information content (AvgIpc) is 2.96. The number of nitrogens with zero attached hydrogens (tertiary/aromatic N) is 2. The molecule has 2 aromatic rings. The third-order valence-electron chi connectivity index (χ3n) is 4.89. The number of benzene rings is 2. The predicted molar refractivity (Wildman–Crippen MR) is 107 cm³/mol. The lowest BCUT2D eigenvalue weighted by molar-refractivity contribution is -0.140. The Morgan fingerprint density at radius 2 is 1.79 bits per heavy atom. The van der Waals surface area contributed by atoms with E-state index in [0.29, 0.717) is 17.9 Å². The Hall–Kier alpha value is -3.19. The van der Waals surface area contributed by atoms with Crippen molar-refractivity contribution in [3.8, 4) is 5.75 Å². The molecule has 0 aromatic heterocycles. The van der Waals surface area contributed by atoms with Gasteiger partial charge in [-0.3, -0.25) is 9.59 Å². The number of methoxy groups -OCH3 is 1. The lowest BCUT2D eigenvalue weighted by Gasteiger charge is -2.26. The first kappa shape index (κ1) is 20.5. The van der Waals surface area contributed by atoms with Crippen molar-refractivity contribution in [2.45, 2.75) is 6.04 Å². The van der Waals surface area contributed by atoms with Crippen LogP contribution in [0.15, 0.2) is 54.1 Å². The van der Waals surface area contributed by atoms with E-state index in [1.807, 2.05) is 19.0 Å². The summed E-state index contributed by atoms with van der Waals surface area (Å²) >= 11 is 0. The molecule has 1 aliphatic rings. The molecule has 1 unspecified atom stereocenters. The van der Waals surface area contributed by atoms with Gasteiger partial charge in [0.25, 0.3) is 11.7 Å². The minimum atomic E-state index is -1.00. The zero-order valence-corrected chi connectivity index (χ0v) is 16.6. The van der Waals surface area contributed by atoms with Gasteiger partial charge in [0.15, 0.2) is 0 Å². The van der Waals surface area contributed by atoms with Crippen molar-refractivity contribution in [1.82, 2.24) is 9.80 Å². The molecule has 0 aliphatic carbocycles. The molecule has 1 atom stereocenters. The summed E-state index contributed by atoms with van der Waals surface area (Å²) in [6.07, 6.45) is 0. The third-order valence-corrected chi connectivity index (χ3v) is 4.89. The SMILES string of the molecule is COc1ccc(/C(O)=C2\C(=O)C(=O)N(CCN(C)C)C2c2ccccc2F)cc1. The Bertz CT molecular complexity index is 954. The standard InChI is InChI=1S/C22H23FN2O4/c1-24(2)12-13-25-19(16-6-4-5-7-17(16)23)18(21(27)22(25)28)20(26)14-8-10-15(29-3)11-9-14/h4-11,19,26H,12-13H2,1-3H3/b20-18+. The summed E-state index contributed by atoms with van der Waals surface area (Å²) in [4.78, 5) is 28.7. The van der Waals surface area contributed by atoms with Gasteiger partial charge in [0.2, 0.25) is 0 Å². The van der Waals surface area contributed by atoms with E-state index >= 15 is 0 Å². The number of aliphatic hydroxyl groups is 1. The summed E-state index contributed by atoms with van der Waals surface area (Å²) < 4.78 is 19.7. The predicted octanol–water partition coefficient (Wildman–Crippen LogP) is 2.82. The van der Waals surface area contributed by atoms with Gasteiger partial charge < -0.3 is 19.6 Å². The molecule has 2 aromatic carbocycles. The number of ether oxygens (including phenoxy) is 1. The van der Waals surface area contributed by atoms with Gasteiger partial charge in [0.1, 0.15) is 17.3 Å². The summed E-state index contributed by atoms with van der Waals surface area (Å²) in [5.74, 6) is -1.89. The number of carbonyl (C=O) groups is 2. The van der Waals surface area contributed by atoms with E-state index in [1.54, 1.807) is 30.3 Å². The van der Waals surface area contributed by atoms with E-state index in [-0.39, 0.29) is 23.4 Å². The molecular formula is C22H23FN2O4. The Labute approximate surface area is 168 Å². The minimum absolute atomic E-state index is 0.121. The number of amides is 1. The van der Waals surface area contributed by atoms with E-state index in [0.717, 1.165) is 0 Å². The van der Waals surface area contributed by atoms with Crippen LogP contribution in [-0.4, -0.2) is 60.9 Å². The second kappa shape index (κ2) is 8.45. The molecule has 29 heavy (non-hydrogen) atoms. The number of likely N-dealkylation sites (N-methyl/N-ethyl adjacent to an activating group) is 1. The van der Waals surface area contributed by atoms with Gasteiger partial charge in [-0.2, -0.15) is 0 Å². The summed E-state index contributed by atoms with van der Waals surface area (Å²) in [5, 5.41) is 10.9. The molecule has 0 bridgehead atoms. The number of ketones is 1. The molecule has 1 saturated heterocycles. The molecule has 7 heteroatoms. The van der Waals surface area contributed by atoms with Gasteiger partial charge in [-0.1, -0.05) is 18.2 Å². The zero-order chi connectivity index (χ0) is 21.1. The second-order valence-electron chi connectivity index (χ2n) is 7.05. The van der Waals surface area contributed by atoms with Gasteiger partial charge >= 0.3 is 0 Å². The van der Waals surface area contributed by atoms with Crippen LogP contribution in [-0.2, 0) is 9.59 Å². The first-order valence-electron chi connectivity index (χ1n) is 9.17. The molecule has 1 aliphatic heterocycles. The highest BCUT2D eigenvalue weighted by Gasteiger charge is 2.46. The monoisotopic (exact) mass is 398 g/mol. The van der Waals surface area contributed by atoms with Crippen LogP contribution in [0, 0.1) is 5.82 Å². The van der Waals surface area contributed by atoms with Crippen LogP contribution in [0.5, 0.6) is 5.75 Å². The van der Waals surface area contributed by atoms with Crippen molar-refractivity contribution < 1.29 is 23.8 Å². The smallest absolute Gasteiger partial charge is 0.295 e. The average molecular weight is 398 g/mol. The molecule has 0 radical (unpaired) electrons. The molecular weight excluding hydrogens is 375 g/mol. The van der Waals surface area contributed by atoms with E-state index < -0.39 is 23.5 Å². The fourth-order valence-corrected chi connectivity index (χ4v) is 3.34. The highest BCUT2D eigenvalue weighted by molar-refractivity contribution is 6.46. The lowest BCUT2D eigenvalue weighted by atomic mass is 9.95. The molecule has 1 amide bonds. The topological polar surface area (TPSA) is 70.1 Å². The number of likely N-dealkylation sites (tertiary alicyclic amines) is 1. The minimum Gasteiger partial charge on any atom is -0.507 e. The van der Waals surface area contributed by atoms with Crippen molar-refractivity contribution in [3.05, 3.63) is 71.0 Å². The van der Waals surface area contributed by atoms with Crippen molar-refractivity contribution in [3.63, 3.8) is 0 Å². The molecule has 152 valence electrons. The second-order valence-corrected chi connectivity index (χ2v) is 7.05. The highest BCUT2D eigenvalue weighted by atomic mass is 19.1. The third kappa shape index (κ3) is 4.00. The summed E-state index contributed by atoms with van der Waals surface area (Å²) in [6, 6.07) is 11.4. The summed E-state index contributed by atoms with van der Waals surface area (Å²) in [5.41, 5.74) is 0.391. The number of rotatable bonds is 6. The van der Waals surface area contributed by atoms with E-state index in [9.17, 15) is 19.1 Å². The van der Waals surface area contributed by atoms with Crippen LogP contribution in [0.2, 0.25) is 0 Å². The zero-order valence-electron chi connectivity index (χ0n) is 16.6. The Kier molecular flexibility index (Phi) is 5.98. The first-order chi connectivity index (χ1) is 13.8. The molecule has 0 spiro atoms. The Morgan fingerprint density at radius 1 is 1.14 bits per heavy atom. The first-order valence-corrected chi connectivity index (χ1v) is 9.17. The molecule has 0 saturated carbocycles. The Morgan fingerprint density at radius 3 is 2.38 bits per heavy atom. The quantitative estimate of drug-likeness (QED) is 0.460. The molecule has 6 nitrogen and oxygen atoms in total. The van der Waals surface area contributed by atoms with Crippen LogP contribution >= 0.6 is 0 Å². The Balaban J connectivity index is 2.14. The summed E-state index contributed by atoms with van der Waals surface area (Å²) in [7, 11) is 5.20. The van der Waals surface area contributed by atoms with Crippen molar-refractivity contribution in [2.75, 3.05) is 34.3 Å². The normalized spacial score (nSPS) is 18.5. The number of Topliss-reactive ketones (excluding diaryl/α,β-unsaturated/α-hetero) is 1. The maximum absolute atomic E-state index is 14.6. The van der Waals surface area contributed by atoms with Gasteiger partial charge in [0, 0.05) is 24.2 Å². The van der Waals surface area contributed by atoms with Crippen molar-refractivity contribution >= 4 is 17.4 Å². The van der Waals surface area contributed by atoms with E-state index in [4.69, 9.17) is 4.74 Å². The van der Waals surface area contributed by atoms with E-state index in [2.05, 4.69) is 0 Å². The van der Waals surface area contributed by atoms with Crippen LogP contribution < -0.4 is 4.74 Å². The lowest BCUT2D eigenvalue weighted by Crippen LogP contribution is -2.35. The number of halogens is 1. The largest absolute Gasteiger partial charge is 0.507 e. The van der Waals surface area contributed by atoms with Gasteiger partial charge in [-0.05, 0) is 44.4 Å². The highest BCUT2D eigenvalue weighted by Crippen LogP contribution is 2.40. The molecule has 1 N–H and O–H groups in total. The maximum Gasteiger partial charge on any atom is 0.295 e. The summed E-state index contributed by atoms with van der Waals surface area (Å²) in [6.45, 7) is 0.705. The number of aliphatic hydroxyl groups excluding tert-OH is 1. The number of hydrogen-bond donors (Lipinski definition) is 1. The van der Waals surface area contributed by atoms with Crippen molar-refractivity contribution in [1.29, 1.82) is 0 Å². The van der Waals surface area contributed by atoms with E-state index in [1.165, 1.54) is 30.2 Å². The molecule has 1 fully saturated rings. The van der Waals surface area contributed by atoms with Crippen LogP contribution in [0.3, 0.4) is 0 Å². The fraction of sp³-hybridized carbons (Fsp3) is 0.273.